The molecule has 5 nitrogen and oxygen atoms in total. The Morgan fingerprint density at radius 1 is 0.862 bits per heavy atom. The zero-order chi connectivity index (χ0) is 20.6. The van der Waals surface area contributed by atoms with Crippen LogP contribution in [0.3, 0.4) is 0 Å². The lowest BCUT2D eigenvalue weighted by molar-refractivity contribution is -0.124. The maximum absolute atomic E-state index is 12.9. The number of rotatable bonds is 7. The van der Waals surface area contributed by atoms with Gasteiger partial charge < -0.3 is 15.7 Å². The Hall–Kier alpha value is -3.51. The first kappa shape index (κ1) is 20.2. The van der Waals surface area contributed by atoms with Crippen LogP contribution in [-0.2, 0) is 11.3 Å². The van der Waals surface area contributed by atoms with E-state index in [1.807, 2.05) is 42.5 Å². The smallest absolute Gasteiger partial charge is 0.251 e. The van der Waals surface area contributed by atoms with Crippen LogP contribution in [0, 0.1) is 5.82 Å². The minimum atomic E-state index is -1.09. The second kappa shape index (κ2) is 9.61. The van der Waals surface area contributed by atoms with Crippen molar-refractivity contribution >= 4 is 11.8 Å². The van der Waals surface area contributed by atoms with Crippen molar-refractivity contribution in [1.82, 2.24) is 10.6 Å². The van der Waals surface area contributed by atoms with Crippen LogP contribution in [0.25, 0.3) is 11.1 Å². The highest BCUT2D eigenvalue weighted by atomic mass is 19.1. The molecule has 3 N–H and O–H groups in total. The van der Waals surface area contributed by atoms with Crippen molar-refractivity contribution < 1.29 is 19.1 Å². The molecule has 0 heterocycles. The van der Waals surface area contributed by atoms with Gasteiger partial charge in [0.2, 0.25) is 5.91 Å². The maximum Gasteiger partial charge on any atom is 0.251 e. The first-order valence-electron chi connectivity index (χ1n) is 9.16. The van der Waals surface area contributed by atoms with E-state index < -0.39 is 24.5 Å². The Kier molecular flexibility index (Phi) is 6.71. The summed E-state index contributed by atoms with van der Waals surface area (Å²) in [7, 11) is 0. The first-order valence-corrected chi connectivity index (χ1v) is 9.16. The van der Waals surface area contributed by atoms with E-state index in [2.05, 4.69) is 10.6 Å². The average molecular weight is 392 g/mol. The molecule has 0 fully saturated rings. The SMILES string of the molecule is O=C(NC(CO)C(=O)NCc1ccc(F)cc1)c1ccc(-c2ccccc2)cc1. The molecule has 0 saturated carbocycles. The predicted molar refractivity (Wildman–Crippen MR) is 108 cm³/mol. The Labute approximate surface area is 168 Å². The molecule has 1 unspecified atom stereocenters. The van der Waals surface area contributed by atoms with Gasteiger partial charge in [-0.15, -0.1) is 0 Å². The van der Waals surface area contributed by atoms with E-state index in [4.69, 9.17) is 0 Å². The van der Waals surface area contributed by atoms with Crippen molar-refractivity contribution in [2.45, 2.75) is 12.6 Å². The van der Waals surface area contributed by atoms with Gasteiger partial charge in [0.05, 0.1) is 6.61 Å². The number of hydrogen-bond donors (Lipinski definition) is 3. The second-order valence-corrected chi connectivity index (χ2v) is 6.50. The summed E-state index contributed by atoms with van der Waals surface area (Å²) in [5.41, 5.74) is 3.10. The van der Waals surface area contributed by atoms with Crippen LogP contribution in [0.2, 0.25) is 0 Å². The molecule has 148 valence electrons. The van der Waals surface area contributed by atoms with Gasteiger partial charge in [0.15, 0.2) is 0 Å². The van der Waals surface area contributed by atoms with Crippen LogP contribution in [0.4, 0.5) is 4.39 Å². The van der Waals surface area contributed by atoms with E-state index in [-0.39, 0.29) is 12.4 Å². The molecule has 0 aliphatic heterocycles. The largest absolute Gasteiger partial charge is 0.394 e. The van der Waals surface area contributed by atoms with Gasteiger partial charge in [-0.05, 0) is 41.0 Å². The van der Waals surface area contributed by atoms with Gasteiger partial charge in [0, 0.05) is 12.1 Å². The molecule has 0 aromatic heterocycles. The molecule has 3 aromatic carbocycles. The van der Waals surface area contributed by atoms with Gasteiger partial charge in [0.25, 0.3) is 5.91 Å². The van der Waals surface area contributed by atoms with E-state index in [1.165, 1.54) is 12.1 Å². The molecule has 0 aliphatic rings. The van der Waals surface area contributed by atoms with Crippen molar-refractivity contribution in [3.05, 3.63) is 95.8 Å². The molecular weight excluding hydrogens is 371 g/mol. The van der Waals surface area contributed by atoms with Crippen molar-refractivity contribution in [3.63, 3.8) is 0 Å². The lowest BCUT2D eigenvalue weighted by atomic mass is 10.0. The fraction of sp³-hybridized carbons (Fsp3) is 0.130. The molecule has 0 aliphatic carbocycles. The lowest BCUT2D eigenvalue weighted by Crippen LogP contribution is -2.48. The van der Waals surface area contributed by atoms with E-state index in [0.29, 0.717) is 11.1 Å². The number of halogens is 1. The highest BCUT2D eigenvalue weighted by Crippen LogP contribution is 2.19. The Morgan fingerprint density at radius 3 is 2.10 bits per heavy atom. The highest BCUT2D eigenvalue weighted by Gasteiger charge is 2.20. The third-order valence-corrected chi connectivity index (χ3v) is 4.44. The number of carbonyl (C=O) groups is 2. The Morgan fingerprint density at radius 2 is 1.48 bits per heavy atom. The molecule has 3 aromatic rings. The molecule has 0 radical (unpaired) electrons. The summed E-state index contributed by atoms with van der Waals surface area (Å²) in [6.07, 6.45) is 0. The number of carbonyl (C=O) groups excluding carboxylic acids is 2. The number of aliphatic hydroxyl groups is 1. The summed E-state index contributed by atoms with van der Waals surface area (Å²) in [6, 6.07) is 21.4. The molecule has 29 heavy (non-hydrogen) atoms. The first-order chi connectivity index (χ1) is 14.1. The summed E-state index contributed by atoms with van der Waals surface area (Å²) >= 11 is 0. The fourth-order valence-corrected chi connectivity index (χ4v) is 2.79. The molecule has 6 heteroatoms. The number of aliphatic hydroxyl groups excluding tert-OH is 1. The molecule has 0 saturated heterocycles. The molecule has 3 rings (SSSR count). The normalized spacial score (nSPS) is 11.5. The van der Waals surface area contributed by atoms with E-state index in [1.54, 1.807) is 24.3 Å². The van der Waals surface area contributed by atoms with Crippen LogP contribution < -0.4 is 10.6 Å². The summed E-state index contributed by atoms with van der Waals surface area (Å²) < 4.78 is 12.9. The summed E-state index contributed by atoms with van der Waals surface area (Å²) in [4.78, 5) is 24.7. The van der Waals surface area contributed by atoms with Crippen molar-refractivity contribution in [2.24, 2.45) is 0 Å². The minimum absolute atomic E-state index is 0.164. The predicted octanol–water partition coefficient (Wildman–Crippen LogP) is 2.90. The quantitative estimate of drug-likeness (QED) is 0.579. The number of benzene rings is 3. The number of amides is 2. The van der Waals surface area contributed by atoms with Crippen molar-refractivity contribution in [3.8, 4) is 11.1 Å². The van der Waals surface area contributed by atoms with Crippen molar-refractivity contribution in [2.75, 3.05) is 6.61 Å². The van der Waals surface area contributed by atoms with Crippen LogP contribution in [-0.4, -0.2) is 29.6 Å². The molecule has 0 bridgehead atoms. The maximum atomic E-state index is 12.9. The van der Waals surface area contributed by atoms with Gasteiger partial charge >= 0.3 is 0 Å². The molecule has 2 amide bonds. The van der Waals surface area contributed by atoms with Gasteiger partial charge in [0.1, 0.15) is 11.9 Å². The van der Waals surface area contributed by atoms with E-state index in [9.17, 15) is 19.1 Å². The van der Waals surface area contributed by atoms with Crippen LogP contribution in [0.1, 0.15) is 15.9 Å². The van der Waals surface area contributed by atoms with Gasteiger partial charge in [-0.25, -0.2) is 4.39 Å². The third kappa shape index (κ3) is 5.49. The minimum Gasteiger partial charge on any atom is -0.394 e. The summed E-state index contributed by atoms with van der Waals surface area (Å²) in [5.74, 6) is -1.34. The van der Waals surface area contributed by atoms with Gasteiger partial charge in [-0.1, -0.05) is 54.6 Å². The van der Waals surface area contributed by atoms with Crippen molar-refractivity contribution in [1.29, 1.82) is 0 Å². The fourth-order valence-electron chi connectivity index (χ4n) is 2.79. The van der Waals surface area contributed by atoms with E-state index in [0.717, 1.165) is 11.1 Å². The van der Waals surface area contributed by atoms with Crippen LogP contribution in [0.5, 0.6) is 0 Å². The number of nitrogens with one attached hydrogen (secondary N) is 2. The average Bonchev–Trinajstić information content (AvgIpc) is 2.77. The summed E-state index contributed by atoms with van der Waals surface area (Å²) in [5, 5.41) is 14.6. The topological polar surface area (TPSA) is 78.4 Å². The molecule has 0 spiro atoms. The lowest BCUT2D eigenvalue weighted by Gasteiger charge is -2.16. The standard InChI is InChI=1S/C23H21FN2O3/c24-20-12-6-16(7-13-20)14-25-23(29)21(15-27)26-22(28)19-10-8-18(9-11-19)17-4-2-1-3-5-17/h1-13,21,27H,14-15H2,(H,25,29)(H,26,28). The monoisotopic (exact) mass is 392 g/mol. The van der Waals surface area contributed by atoms with Gasteiger partial charge in [-0.2, -0.15) is 0 Å². The second-order valence-electron chi connectivity index (χ2n) is 6.50. The summed E-state index contributed by atoms with van der Waals surface area (Å²) in [6.45, 7) is -0.375. The van der Waals surface area contributed by atoms with Crippen LogP contribution >= 0.6 is 0 Å². The zero-order valence-corrected chi connectivity index (χ0v) is 15.6. The van der Waals surface area contributed by atoms with Crippen LogP contribution in [0.15, 0.2) is 78.9 Å². The van der Waals surface area contributed by atoms with E-state index >= 15 is 0 Å². The Bertz CT molecular complexity index is 958. The van der Waals surface area contributed by atoms with Gasteiger partial charge in [-0.3, -0.25) is 9.59 Å². The zero-order valence-electron chi connectivity index (χ0n) is 15.6. The molecular formula is C23H21FN2O3. The highest BCUT2D eigenvalue weighted by molar-refractivity contribution is 5.97. The Balaban J connectivity index is 1.58. The molecule has 1 atom stereocenters. The third-order valence-electron chi connectivity index (χ3n) is 4.44. The number of hydrogen-bond acceptors (Lipinski definition) is 3.